The highest BCUT2D eigenvalue weighted by molar-refractivity contribution is 5.94. The summed E-state index contributed by atoms with van der Waals surface area (Å²) in [6, 6.07) is 13.6. The number of rotatable bonds is 19. The molecule has 15 heteroatoms. The number of hydrogen-bond donors (Lipinski definition) is 9. The van der Waals surface area contributed by atoms with Crippen molar-refractivity contribution in [2.45, 2.75) is 62.7 Å². The summed E-state index contributed by atoms with van der Waals surface area (Å²) >= 11 is 0. The second-order valence-corrected chi connectivity index (χ2v) is 10.4. The van der Waals surface area contributed by atoms with E-state index in [0.717, 1.165) is 11.1 Å². The van der Waals surface area contributed by atoms with Crippen molar-refractivity contribution in [3.05, 3.63) is 71.8 Å². The maximum atomic E-state index is 13.6. The Morgan fingerprint density at radius 3 is 1.53 bits per heavy atom. The number of carboxylic acid groups (broad SMARTS) is 1. The molecule has 14 N–H and O–H groups in total. The first-order valence-electron chi connectivity index (χ1n) is 14.5. The minimum Gasteiger partial charge on any atom is -0.480 e. The van der Waals surface area contributed by atoms with Gasteiger partial charge in [0.25, 0.3) is 0 Å². The Morgan fingerprint density at radius 1 is 0.622 bits per heavy atom. The van der Waals surface area contributed by atoms with Gasteiger partial charge in [-0.2, -0.15) is 0 Å². The molecule has 0 saturated heterocycles. The molecule has 4 atom stereocenters. The van der Waals surface area contributed by atoms with E-state index in [0.29, 0.717) is 6.42 Å². The Kier molecular flexibility index (Phi) is 15.3. The van der Waals surface area contributed by atoms with Crippen LogP contribution in [0.25, 0.3) is 0 Å². The van der Waals surface area contributed by atoms with Crippen LogP contribution in [0.15, 0.2) is 70.6 Å². The molecule has 0 radical (unpaired) electrons. The van der Waals surface area contributed by atoms with Gasteiger partial charge in [0.15, 0.2) is 11.9 Å². The van der Waals surface area contributed by atoms with Crippen molar-refractivity contribution in [1.29, 1.82) is 0 Å². The lowest BCUT2D eigenvalue weighted by molar-refractivity contribution is -0.142. The molecule has 4 unspecified atom stereocenters. The predicted molar refractivity (Wildman–Crippen MR) is 172 cm³/mol. The molecular weight excluding hydrogens is 580 g/mol. The Balaban J connectivity index is 2.22. The number of hydrogen-bond acceptors (Lipinski definition) is 7. The van der Waals surface area contributed by atoms with Crippen LogP contribution < -0.4 is 44.6 Å². The van der Waals surface area contributed by atoms with Crippen molar-refractivity contribution in [1.82, 2.24) is 16.0 Å². The molecule has 244 valence electrons. The lowest BCUT2D eigenvalue weighted by Gasteiger charge is -2.25. The molecule has 0 aliphatic heterocycles. The molecule has 0 bridgehead atoms. The van der Waals surface area contributed by atoms with Gasteiger partial charge in [-0.3, -0.25) is 24.4 Å². The number of carboxylic acids is 1. The molecule has 2 aromatic carbocycles. The largest absolute Gasteiger partial charge is 0.480 e. The summed E-state index contributed by atoms with van der Waals surface area (Å²) in [7, 11) is 0. The second kappa shape index (κ2) is 19.2. The zero-order valence-corrected chi connectivity index (χ0v) is 25.1. The second-order valence-electron chi connectivity index (χ2n) is 10.4. The summed E-state index contributed by atoms with van der Waals surface area (Å²) in [5, 5.41) is 17.6. The minimum atomic E-state index is -1.26. The van der Waals surface area contributed by atoms with Crippen molar-refractivity contribution in [3.63, 3.8) is 0 Å². The fourth-order valence-electron chi connectivity index (χ4n) is 4.38. The van der Waals surface area contributed by atoms with E-state index >= 15 is 0 Å². The average molecular weight is 625 g/mol. The van der Waals surface area contributed by atoms with E-state index in [4.69, 9.17) is 28.7 Å². The van der Waals surface area contributed by atoms with Crippen molar-refractivity contribution in [3.8, 4) is 0 Å². The molecule has 45 heavy (non-hydrogen) atoms. The van der Waals surface area contributed by atoms with Gasteiger partial charge in [-0.05, 0) is 43.2 Å². The number of nitrogens with two attached hydrogens (primary N) is 5. The molecule has 0 saturated carbocycles. The molecule has 0 spiro atoms. The van der Waals surface area contributed by atoms with E-state index in [-0.39, 0.29) is 57.1 Å². The molecule has 0 aliphatic rings. The van der Waals surface area contributed by atoms with Gasteiger partial charge in [0.05, 0.1) is 6.04 Å². The first-order valence-corrected chi connectivity index (χ1v) is 14.5. The number of carbonyl (C=O) groups is 4. The van der Waals surface area contributed by atoms with E-state index in [1.807, 2.05) is 30.3 Å². The third kappa shape index (κ3) is 14.2. The normalized spacial score (nSPS) is 13.3. The number of guanidine groups is 2. The van der Waals surface area contributed by atoms with Crippen molar-refractivity contribution in [2.75, 3.05) is 13.1 Å². The van der Waals surface area contributed by atoms with Crippen LogP contribution in [0.3, 0.4) is 0 Å². The standard InChI is InChI=1S/C30H44N10O5/c31-21(17-19-9-3-1-4-10-19)25(41)38-22(13-7-15-36-29(32)33)26(42)40-24(18-20-11-5-2-6-12-20)27(43)39-23(28(44)45)14-8-16-37-30(34)35/h1-6,9-12,21-24H,7-8,13-18,31H2,(H,38,41)(H,39,43)(H,40,42)(H,44,45)(H4,32,33,36)(H4,34,35,37). The number of nitrogens with one attached hydrogen (secondary N) is 3. The first kappa shape index (κ1) is 36.0. The van der Waals surface area contributed by atoms with E-state index in [9.17, 15) is 24.3 Å². The zero-order valence-electron chi connectivity index (χ0n) is 25.1. The number of benzene rings is 2. The summed E-state index contributed by atoms with van der Waals surface area (Å²) in [6.45, 7) is 0.381. The molecule has 0 fully saturated rings. The summed E-state index contributed by atoms with van der Waals surface area (Å²) in [5.74, 6) is -3.43. The highest BCUT2D eigenvalue weighted by Crippen LogP contribution is 2.08. The lowest BCUT2D eigenvalue weighted by atomic mass is 10.0. The SMILES string of the molecule is NC(N)=NCCCC(NC(=O)C(Cc1ccccc1)NC(=O)C(CCCN=C(N)N)NC(=O)C(N)Cc1ccccc1)C(=O)O. The summed E-state index contributed by atoms with van der Waals surface area (Å²) < 4.78 is 0. The third-order valence-corrected chi connectivity index (χ3v) is 6.69. The quantitative estimate of drug-likeness (QED) is 0.0492. The van der Waals surface area contributed by atoms with Gasteiger partial charge in [0.1, 0.15) is 18.1 Å². The topological polar surface area (TPSA) is 279 Å². The van der Waals surface area contributed by atoms with Gasteiger partial charge in [0.2, 0.25) is 17.7 Å². The molecule has 2 aromatic rings. The number of nitrogens with zero attached hydrogens (tertiary/aromatic N) is 2. The number of carbonyl (C=O) groups excluding carboxylic acids is 3. The van der Waals surface area contributed by atoms with Gasteiger partial charge in [-0.1, -0.05) is 60.7 Å². The van der Waals surface area contributed by atoms with E-state index in [1.54, 1.807) is 30.3 Å². The van der Waals surface area contributed by atoms with Gasteiger partial charge in [0, 0.05) is 19.5 Å². The van der Waals surface area contributed by atoms with Gasteiger partial charge in [-0.25, -0.2) is 4.79 Å². The Morgan fingerprint density at radius 2 is 1.04 bits per heavy atom. The number of amides is 3. The van der Waals surface area contributed by atoms with Crippen LogP contribution in [-0.4, -0.2) is 78.0 Å². The van der Waals surface area contributed by atoms with Crippen molar-refractivity contribution >= 4 is 35.6 Å². The first-order chi connectivity index (χ1) is 21.5. The van der Waals surface area contributed by atoms with Crippen LogP contribution in [-0.2, 0) is 32.0 Å². The molecular formula is C30H44N10O5. The maximum Gasteiger partial charge on any atom is 0.326 e. The van der Waals surface area contributed by atoms with Crippen LogP contribution in [0, 0.1) is 0 Å². The Bertz CT molecular complexity index is 1300. The predicted octanol–water partition coefficient (Wildman–Crippen LogP) is -1.55. The molecule has 15 nitrogen and oxygen atoms in total. The fraction of sp³-hybridized carbons (Fsp3) is 0.400. The molecule has 2 rings (SSSR count). The highest BCUT2D eigenvalue weighted by atomic mass is 16.4. The summed E-state index contributed by atoms with van der Waals surface area (Å²) in [5.41, 5.74) is 29.2. The molecule has 0 heterocycles. The average Bonchev–Trinajstić information content (AvgIpc) is 3.00. The van der Waals surface area contributed by atoms with E-state index < -0.39 is 47.9 Å². The summed E-state index contributed by atoms with van der Waals surface area (Å²) in [6.07, 6.45) is 1.10. The third-order valence-electron chi connectivity index (χ3n) is 6.69. The highest BCUT2D eigenvalue weighted by Gasteiger charge is 2.30. The fourth-order valence-corrected chi connectivity index (χ4v) is 4.38. The molecule has 3 amide bonds. The molecule has 0 aliphatic carbocycles. The molecule has 0 aromatic heterocycles. The van der Waals surface area contributed by atoms with Crippen LogP contribution in [0.4, 0.5) is 0 Å². The van der Waals surface area contributed by atoms with Crippen molar-refractivity contribution in [2.24, 2.45) is 38.7 Å². The smallest absolute Gasteiger partial charge is 0.326 e. The maximum absolute atomic E-state index is 13.6. The number of aliphatic carboxylic acids is 1. The Labute approximate surface area is 262 Å². The monoisotopic (exact) mass is 624 g/mol. The van der Waals surface area contributed by atoms with Crippen LogP contribution in [0.2, 0.25) is 0 Å². The van der Waals surface area contributed by atoms with E-state index in [1.165, 1.54) is 0 Å². The Hall–Kier alpha value is -5.18. The lowest BCUT2D eigenvalue weighted by Crippen LogP contribution is -2.57. The van der Waals surface area contributed by atoms with Crippen LogP contribution in [0.5, 0.6) is 0 Å². The number of aliphatic imine (C=N–C) groups is 2. The van der Waals surface area contributed by atoms with E-state index in [2.05, 4.69) is 25.9 Å². The summed E-state index contributed by atoms with van der Waals surface area (Å²) in [4.78, 5) is 59.7. The van der Waals surface area contributed by atoms with Crippen molar-refractivity contribution < 1.29 is 24.3 Å². The van der Waals surface area contributed by atoms with Crippen LogP contribution in [0.1, 0.15) is 36.8 Å². The van der Waals surface area contributed by atoms with Gasteiger partial charge < -0.3 is 49.7 Å². The zero-order chi connectivity index (χ0) is 33.2. The van der Waals surface area contributed by atoms with Crippen LogP contribution >= 0.6 is 0 Å². The van der Waals surface area contributed by atoms with Gasteiger partial charge >= 0.3 is 5.97 Å². The minimum absolute atomic E-state index is 0.0482. The van der Waals surface area contributed by atoms with Gasteiger partial charge in [-0.15, -0.1) is 0 Å².